The molecule has 3 nitrogen and oxygen atoms in total. The SMILES string of the molecule is Cc1cc(F)ccc1C(=O)Nc1ccc(F)c(C(N)=S)c1. The normalized spacial score (nSPS) is 10.2. The Morgan fingerprint density at radius 2 is 1.86 bits per heavy atom. The maximum Gasteiger partial charge on any atom is 0.255 e. The van der Waals surface area contributed by atoms with Crippen molar-refractivity contribution >= 4 is 28.8 Å². The van der Waals surface area contributed by atoms with E-state index in [1.165, 1.54) is 36.4 Å². The van der Waals surface area contributed by atoms with Crippen molar-refractivity contribution in [3.63, 3.8) is 0 Å². The van der Waals surface area contributed by atoms with Crippen molar-refractivity contribution in [2.24, 2.45) is 5.73 Å². The Balaban J connectivity index is 2.27. The van der Waals surface area contributed by atoms with Crippen LogP contribution >= 0.6 is 12.2 Å². The van der Waals surface area contributed by atoms with E-state index in [0.717, 1.165) is 0 Å². The number of nitrogens with one attached hydrogen (secondary N) is 1. The summed E-state index contributed by atoms with van der Waals surface area (Å²) in [6.45, 7) is 1.63. The molecule has 3 N–H and O–H groups in total. The molecule has 0 atom stereocenters. The van der Waals surface area contributed by atoms with Gasteiger partial charge < -0.3 is 11.1 Å². The number of rotatable bonds is 3. The molecule has 2 rings (SSSR count). The minimum Gasteiger partial charge on any atom is -0.389 e. The molecule has 2 aromatic rings. The molecule has 2 aromatic carbocycles. The minimum atomic E-state index is -0.557. The maximum atomic E-state index is 13.5. The second-order valence-corrected chi connectivity index (χ2v) is 4.91. The Morgan fingerprint density at radius 3 is 2.48 bits per heavy atom. The third-order valence-corrected chi connectivity index (χ3v) is 3.14. The molecule has 108 valence electrons. The zero-order chi connectivity index (χ0) is 15.6. The van der Waals surface area contributed by atoms with E-state index in [0.29, 0.717) is 16.8 Å². The lowest BCUT2D eigenvalue weighted by atomic mass is 10.1. The van der Waals surface area contributed by atoms with Crippen molar-refractivity contribution in [3.8, 4) is 0 Å². The molecule has 1 amide bonds. The third kappa shape index (κ3) is 3.41. The Hall–Kier alpha value is -2.34. The van der Waals surface area contributed by atoms with Crippen molar-refractivity contribution in [2.75, 3.05) is 5.32 Å². The molecule has 0 aliphatic rings. The Bertz CT molecular complexity index is 732. The predicted octanol–water partition coefficient (Wildman–Crippen LogP) is 3.16. The van der Waals surface area contributed by atoms with Gasteiger partial charge in [-0.15, -0.1) is 0 Å². The van der Waals surface area contributed by atoms with Crippen LogP contribution in [0.3, 0.4) is 0 Å². The van der Waals surface area contributed by atoms with Crippen LogP contribution in [-0.4, -0.2) is 10.9 Å². The zero-order valence-corrected chi connectivity index (χ0v) is 11.9. The summed E-state index contributed by atoms with van der Waals surface area (Å²) in [5.41, 5.74) is 6.65. The fraction of sp³-hybridized carbons (Fsp3) is 0.0667. The third-order valence-electron chi connectivity index (χ3n) is 2.92. The van der Waals surface area contributed by atoms with Gasteiger partial charge in [-0.1, -0.05) is 12.2 Å². The lowest BCUT2D eigenvalue weighted by molar-refractivity contribution is 0.102. The van der Waals surface area contributed by atoms with Crippen LogP contribution in [-0.2, 0) is 0 Å². The first-order chi connectivity index (χ1) is 9.88. The van der Waals surface area contributed by atoms with Crippen molar-refractivity contribution in [1.82, 2.24) is 0 Å². The van der Waals surface area contributed by atoms with Crippen molar-refractivity contribution in [1.29, 1.82) is 0 Å². The number of nitrogens with two attached hydrogens (primary N) is 1. The van der Waals surface area contributed by atoms with Gasteiger partial charge in [0, 0.05) is 16.8 Å². The molecule has 0 saturated carbocycles. The van der Waals surface area contributed by atoms with E-state index >= 15 is 0 Å². The van der Waals surface area contributed by atoms with Crippen LogP contribution < -0.4 is 11.1 Å². The molecule has 0 aliphatic carbocycles. The number of carbonyl (C=O) groups is 1. The highest BCUT2D eigenvalue weighted by Crippen LogP contribution is 2.17. The highest BCUT2D eigenvalue weighted by atomic mass is 32.1. The van der Waals surface area contributed by atoms with E-state index < -0.39 is 17.5 Å². The van der Waals surface area contributed by atoms with E-state index in [4.69, 9.17) is 18.0 Å². The first kappa shape index (κ1) is 15.1. The number of halogens is 2. The van der Waals surface area contributed by atoms with Gasteiger partial charge in [-0.3, -0.25) is 4.79 Å². The molecule has 0 fully saturated rings. The van der Waals surface area contributed by atoms with Gasteiger partial charge in [0.2, 0.25) is 0 Å². The molecule has 0 aliphatic heterocycles. The monoisotopic (exact) mass is 306 g/mol. The van der Waals surface area contributed by atoms with E-state index in [1.54, 1.807) is 6.92 Å². The van der Waals surface area contributed by atoms with E-state index in [9.17, 15) is 13.6 Å². The number of hydrogen-bond acceptors (Lipinski definition) is 2. The van der Waals surface area contributed by atoms with E-state index in [1.807, 2.05) is 0 Å². The molecule has 0 saturated heterocycles. The summed E-state index contributed by atoms with van der Waals surface area (Å²) in [6.07, 6.45) is 0. The number of amides is 1. The average molecular weight is 306 g/mol. The Kier molecular flexibility index (Phi) is 4.28. The fourth-order valence-corrected chi connectivity index (χ4v) is 2.03. The molecular formula is C15H12F2N2OS. The van der Waals surface area contributed by atoms with Gasteiger partial charge in [-0.05, 0) is 48.9 Å². The van der Waals surface area contributed by atoms with Crippen LogP contribution in [0, 0.1) is 18.6 Å². The summed E-state index contributed by atoms with van der Waals surface area (Å²) in [7, 11) is 0. The standard InChI is InChI=1S/C15H12F2N2OS/c1-8-6-9(16)2-4-11(8)15(20)19-10-3-5-13(17)12(7-10)14(18)21/h2-7H,1H3,(H2,18,21)(H,19,20). The quantitative estimate of drug-likeness (QED) is 0.857. The van der Waals surface area contributed by atoms with Crippen molar-refractivity contribution < 1.29 is 13.6 Å². The number of benzene rings is 2. The highest BCUT2D eigenvalue weighted by molar-refractivity contribution is 7.80. The summed E-state index contributed by atoms with van der Waals surface area (Å²) in [5, 5.41) is 2.60. The first-order valence-corrected chi connectivity index (χ1v) is 6.46. The molecular weight excluding hydrogens is 294 g/mol. The average Bonchev–Trinajstić information content (AvgIpc) is 2.40. The molecule has 0 radical (unpaired) electrons. The first-order valence-electron chi connectivity index (χ1n) is 6.05. The van der Waals surface area contributed by atoms with Crippen LogP contribution in [0.1, 0.15) is 21.5 Å². The second-order valence-electron chi connectivity index (χ2n) is 4.47. The Labute approximate surface area is 125 Å². The number of hydrogen-bond donors (Lipinski definition) is 2. The van der Waals surface area contributed by atoms with Gasteiger partial charge >= 0.3 is 0 Å². The molecule has 0 unspecified atom stereocenters. The van der Waals surface area contributed by atoms with Gasteiger partial charge in [0.05, 0.1) is 0 Å². The van der Waals surface area contributed by atoms with Crippen LogP contribution in [0.15, 0.2) is 36.4 Å². The smallest absolute Gasteiger partial charge is 0.255 e. The molecule has 6 heteroatoms. The minimum absolute atomic E-state index is 0.0543. The number of anilines is 1. The van der Waals surface area contributed by atoms with Gasteiger partial charge in [-0.25, -0.2) is 8.78 Å². The molecule has 0 bridgehead atoms. The summed E-state index contributed by atoms with van der Waals surface area (Å²) >= 11 is 4.73. The topological polar surface area (TPSA) is 55.1 Å². The van der Waals surface area contributed by atoms with Crippen LogP contribution in [0.5, 0.6) is 0 Å². The van der Waals surface area contributed by atoms with E-state index in [-0.39, 0.29) is 10.6 Å². The van der Waals surface area contributed by atoms with E-state index in [2.05, 4.69) is 5.32 Å². The molecule has 0 aromatic heterocycles. The molecule has 21 heavy (non-hydrogen) atoms. The molecule has 0 spiro atoms. The second kappa shape index (κ2) is 5.97. The maximum absolute atomic E-state index is 13.5. The van der Waals surface area contributed by atoms with Gasteiger partial charge in [0.15, 0.2) is 0 Å². The fourth-order valence-electron chi connectivity index (χ4n) is 1.87. The van der Waals surface area contributed by atoms with Crippen molar-refractivity contribution in [3.05, 3.63) is 64.7 Å². The van der Waals surface area contributed by atoms with Crippen LogP contribution in [0.4, 0.5) is 14.5 Å². The Morgan fingerprint density at radius 1 is 1.14 bits per heavy atom. The molecule has 0 heterocycles. The number of carbonyl (C=O) groups excluding carboxylic acids is 1. The van der Waals surface area contributed by atoms with Gasteiger partial charge in [-0.2, -0.15) is 0 Å². The zero-order valence-electron chi connectivity index (χ0n) is 11.1. The van der Waals surface area contributed by atoms with Crippen LogP contribution in [0.25, 0.3) is 0 Å². The van der Waals surface area contributed by atoms with Crippen LogP contribution in [0.2, 0.25) is 0 Å². The summed E-state index contributed by atoms with van der Waals surface area (Å²) in [5.74, 6) is -1.40. The predicted molar refractivity (Wildman–Crippen MR) is 81.4 cm³/mol. The number of aryl methyl sites for hydroxylation is 1. The summed E-state index contributed by atoms with van der Waals surface area (Å²) in [6, 6.07) is 7.77. The number of thiocarbonyl (C=S) groups is 1. The lowest BCUT2D eigenvalue weighted by Gasteiger charge is -2.09. The highest BCUT2D eigenvalue weighted by Gasteiger charge is 2.12. The summed E-state index contributed by atoms with van der Waals surface area (Å²) < 4.78 is 26.5. The van der Waals surface area contributed by atoms with Crippen molar-refractivity contribution in [2.45, 2.75) is 6.92 Å². The van der Waals surface area contributed by atoms with Gasteiger partial charge in [0.1, 0.15) is 16.6 Å². The summed E-state index contributed by atoms with van der Waals surface area (Å²) in [4.78, 5) is 12.0. The lowest BCUT2D eigenvalue weighted by Crippen LogP contribution is -2.16. The largest absolute Gasteiger partial charge is 0.389 e. The van der Waals surface area contributed by atoms with Gasteiger partial charge in [0.25, 0.3) is 5.91 Å².